The second-order valence-electron chi connectivity index (χ2n) is 4.64. The zero-order valence-corrected chi connectivity index (χ0v) is 9.22. The Morgan fingerprint density at radius 1 is 1.43 bits per heavy atom. The van der Waals surface area contributed by atoms with Crippen LogP contribution in [0.3, 0.4) is 0 Å². The maximum absolute atomic E-state index is 4.65. The zero-order chi connectivity index (χ0) is 10.3. The van der Waals surface area contributed by atoms with Crippen molar-refractivity contribution in [1.82, 2.24) is 0 Å². The Morgan fingerprint density at radius 3 is 2.79 bits per heavy atom. The van der Waals surface area contributed by atoms with Gasteiger partial charge in [0, 0.05) is 11.1 Å². The molecular formula is C13H17N. The summed E-state index contributed by atoms with van der Waals surface area (Å²) in [5, 5.41) is 0. The molecule has 1 atom stereocenters. The van der Waals surface area contributed by atoms with Crippen molar-refractivity contribution in [3.63, 3.8) is 0 Å². The molecule has 14 heavy (non-hydrogen) atoms. The van der Waals surface area contributed by atoms with Gasteiger partial charge < -0.3 is 0 Å². The molecular weight excluding hydrogens is 170 g/mol. The molecule has 1 nitrogen and oxygen atoms in total. The molecule has 0 aromatic carbocycles. The van der Waals surface area contributed by atoms with Crippen molar-refractivity contribution in [3.8, 4) is 0 Å². The van der Waals surface area contributed by atoms with Crippen LogP contribution in [0.5, 0.6) is 0 Å². The van der Waals surface area contributed by atoms with E-state index in [4.69, 9.17) is 0 Å². The molecule has 0 bridgehead atoms. The van der Waals surface area contributed by atoms with Gasteiger partial charge in [0.15, 0.2) is 0 Å². The minimum atomic E-state index is 0.0800. The van der Waals surface area contributed by atoms with Gasteiger partial charge in [-0.05, 0) is 45.3 Å². The molecule has 0 aromatic rings. The van der Waals surface area contributed by atoms with Crippen LogP contribution in [0.15, 0.2) is 40.6 Å². The minimum Gasteiger partial charge on any atom is -0.257 e. The summed E-state index contributed by atoms with van der Waals surface area (Å²) in [4.78, 5) is 4.65. The number of nitrogens with zero attached hydrogens (tertiary/aromatic N) is 1. The van der Waals surface area contributed by atoms with Crippen LogP contribution >= 0.6 is 0 Å². The van der Waals surface area contributed by atoms with Crippen LogP contribution < -0.4 is 0 Å². The molecule has 1 heteroatoms. The Labute approximate surface area is 85.9 Å². The zero-order valence-electron chi connectivity index (χ0n) is 9.22. The summed E-state index contributed by atoms with van der Waals surface area (Å²) in [5.41, 5.74) is 5.01. The first-order valence-electron chi connectivity index (χ1n) is 5.16. The third-order valence-corrected chi connectivity index (χ3v) is 3.05. The second-order valence-corrected chi connectivity index (χ2v) is 4.64. The predicted octanol–water partition coefficient (Wildman–Crippen LogP) is 3.65. The third kappa shape index (κ3) is 1.37. The summed E-state index contributed by atoms with van der Waals surface area (Å²) >= 11 is 0. The van der Waals surface area contributed by atoms with Crippen molar-refractivity contribution in [3.05, 3.63) is 35.6 Å². The summed E-state index contributed by atoms with van der Waals surface area (Å²) in [7, 11) is 0. The van der Waals surface area contributed by atoms with Gasteiger partial charge in [0.05, 0.1) is 5.70 Å². The Hall–Kier alpha value is -1.11. The van der Waals surface area contributed by atoms with Crippen molar-refractivity contribution in [2.75, 3.05) is 0 Å². The van der Waals surface area contributed by atoms with Crippen LogP contribution in [-0.4, -0.2) is 5.71 Å². The van der Waals surface area contributed by atoms with Crippen molar-refractivity contribution >= 4 is 5.71 Å². The predicted molar refractivity (Wildman–Crippen MR) is 61.4 cm³/mol. The molecule has 74 valence electrons. The summed E-state index contributed by atoms with van der Waals surface area (Å²) < 4.78 is 0. The Morgan fingerprint density at radius 2 is 2.14 bits per heavy atom. The molecule has 0 saturated heterocycles. The fourth-order valence-corrected chi connectivity index (χ4v) is 2.23. The lowest BCUT2D eigenvalue weighted by molar-refractivity contribution is 0.712. The molecule has 0 amide bonds. The van der Waals surface area contributed by atoms with Gasteiger partial charge in [0.2, 0.25) is 0 Å². The van der Waals surface area contributed by atoms with Gasteiger partial charge in [-0.25, -0.2) is 0 Å². The summed E-state index contributed by atoms with van der Waals surface area (Å²) in [5.74, 6) is 0. The van der Waals surface area contributed by atoms with E-state index in [1.54, 1.807) is 0 Å². The lowest BCUT2D eigenvalue weighted by atomic mass is 9.77. The molecule has 1 unspecified atom stereocenters. The monoisotopic (exact) mass is 187 g/mol. The number of fused-ring (bicyclic) bond motifs is 1. The fourth-order valence-electron chi connectivity index (χ4n) is 2.23. The van der Waals surface area contributed by atoms with E-state index < -0.39 is 0 Å². The van der Waals surface area contributed by atoms with Crippen LogP contribution in [0.4, 0.5) is 0 Å². The molecule has 1 heterocycles. The van der Waals surface area contributed by atoms with Gasteiger partial charge in [-0.15, -0.1) is 0 Å². The first-order valence-corrected chi connectivity index (χ1v) is 5.16. The summed E-state index contributed by atoms with van der Waals surface area (Å²) in [6, 6.07) is 0. The molecule has 1 aliphatic heterocycles. The molecule has 2 aliphatic rings. The van der Waals surface area contributed by atoms with Gasteiger partial charge >= 0.3 is 0 Å². The highest BCUT2D eigenvalue weighted by Gasteiger charge is 2.33. The molecule has 0 radical (unpaired) electrons. The van der Waals surface area contributed by atoms with Gasteiger partial charge in [-0.3, -0.25) is 4.99 Å². The van der Waals surface area contributed by atoms with Gasteiger partial charge in [0.1, 0.15) is 0 Å². The van der Waals surface area contributed by atoms with Crippen LogP contribution in [0.2, 0.25) is 0 Å². The van der Waals surface area contributed by atoms with E-state index in [1.165, 1.54) is 11.3 Å². The van der Waals surface area contributed by atoms with E-state index in [0.717, 1.165) is 24.1 Å². The number of hydrogen-bond donors (Lipinski definition) is 0. The largest absolute Gasteiger partial charge is 0.257 e. The quantitative estimate of drug-likeness (QED) is 0.556. The van der Waals surface area contributed by atoms with Crippen molar-refractivity contribution < 1.29 is 0 Å². The highest BCUT2D eigenvalue weighted by molar-refractivity contribution is 5.98. The van der Waals surface area contributed by atoms with Crippen LogP contribution in [0.25, 0.3) is 0 Å². The van der Waals surface area contributed by atoms with E-state index in [9.17, 15) is 0 Å². The van der Waals surface area contributed by atoms with Crippen molar-refractivity contribution in [1.29, 1.82) is 0 Å². The number of rotatable bonds is 1. The van der Waals surface area contributed by atoms with Crippen LogP contribution in [-0.2, 0) is 0 Å². The van der Waals surface area contributed by atoms with Crippen LogP contribution in [0.1, 0.15) is 33.6 Å². The maximum Gasteiger partial charge on any atom is 0.0625 e. The van der Waals surface area contributed by atoms with Gasteiger partial charge in [-0.2, -0.15) is 0 Å². The third-order valence-electron chi connectivity index (χ3n) is 3.05. The molecule has 1 aliphatic carbocycles. The number of allylic oxidation sites excluding steroid dienone is 4. The Bertz CT molecular complexity index is 382. The number of aliphatic imine (C=N–C) groups is 1. The molecule has 0 fully saturated rings. The lowest BCUT2D eigenvalue weighted by Gasteiger charge is -2.26. The SMILES string of the molecule is C=C(C)C1=CC2(C)C=C(C)CCC2=N1. The highest BCUT2D eigenvalue weighted by Crippen LogP contribution is 2.39. The molecule has 2 rings (SSSR count). The van der Waals surface area contributed by atoms with E-state index in [0.29, 0.717) is 0 Å². The average molecular weight is 187 g/mol. The maximum atomic E-state index is 4.65. The van der Waals surface area contributed by atoms with E-state index in [1.807, 2.05) is 6.92 Å². The van der Waals surface area contributed by atoms with Crippen LogP contribution in [0, 0.1) is 5.41 Å². The smallest absolute Gasteiger partial charge is 0.0625 e. The van der Waals surface area contributed by atoms with Gasteiger partial charge in [-0.1, -0.05) is 18.2 Å². The molecule has 0 spiro atoms. The minimum absolute atomic E-state index is 0.0800. The van der Waals surface area contributed by atoms with E-state index >= 15 is 0 Å². The molecule has 0 saturated carbocycles. The summed E-state index contributed by atoms with van der Waals surface area (Å²) in [6.07, 6.45) is 6.84. The van der Waals surface area contributed by atoms with E-state index in [2.05, 4.69) is 37.6 Å². The molecule has 0 N–H and O–H groups in total. The van der Waals surface area contributed by atoms with Crippen molar-refractivity contribution in [2.45, 2.75) is 33.6 Å². The van der Waals surface area contributed by atoms with Crippen molar-refractivity contribution in [2.24, 2.45) is 10.4 Å². The average Bonchev–Trinajstić information content (AvgIpc) is 2.40. The normalized spacial score (nSPS) is 30.4. The first kappa shape index (κ1) is 9.45. The standard InChI is InChI=1S/C13H17N/c1-9(2)11-8-13(4)7-10(3)5-6-12(13)14-11/h7-8H,1,5-6H2,2-4H3. The fraction of sp³-hybridized carbons (Fsp3) is 0.462. The van der Waals surface area contributed by atoms with Gasteiger partial charge in [0.25, 0.3) is 0 Å². The topological polar surface area (TPSA) is 12.4 Å². The Kier molecular flexibility index (Phi) is 1.99. The molecule has 0 aromatic heterocycles. The van der Waals surface area contributed by atoms with E-state index in [-0.39, 0.29) is 5.41 Å². The Balaban J connectivity index is 2.44. The highest BCUT2D eigenvalue weighted by atomic mass is 14.8. The lowest BCUT2D eigenvalue weighted by Crippen LogP contribution is -2.24. The second kappa shape index (κ2) is 2.94. The first-order chi connectivity index (χ1) is 6.51. The summed E-state index contributed by atoms with van der Waals surface area (Å²) in [6.45, 7) is 10.4. The number of hydrogen-bond acceptors (Lipinski definition) is 1.